The SMILES string of the molecule is O=C(O)c1ccc2c(c1)C(=O)c1ccc(OCc3c(-c4c(Cl)cccc4Cl)noc3C3CC3)cc1CC2. The molecule has 0 unspecified atom stereocenters. The molecule has 2 aliphatic rings. The van der Waals surface area contributed by atoms with Gasteiger partial charge in [0, 0.05) is 22.6 Å². The third-order valence-electron chi connectivity index (χ3n) is 6.94. The molecule has 0 amide bonds. The van der Waals surface area contributed by atoms with Crippen molar-refractivity contribution < 1.29 is 24.0 Å². The van der Waals surface area contributed by atoms with E-state index in [9.17, 15) is 14.7 Å². The van der Waals surface area contributed by atoms with Crippen LogP contribution in [0, 0.1) is 0 Å². The van der Waals surface area contributed by atoms with E-state index >= 15 is 0 Å². The Morgan fingerprint density at radius 2 is 1.76 bits per heavy atom. The molecular weight excluding hydrogens is 513 g/mol. The van der Waals surface area contributed by atoms with Gasteiger partial charge in [-0.1, -0.05) is 40.5 Å². The fraction of sp³-hybridized carbons (Fsp3) is 0.207. The number of aromatic nitrogens is 1. The maximum Gasteiger partial charge on any atom is 0.335 e. The molecule has 0 aliphatic heterocycles. The van der Waals surface area contributed by atoms with Crippen LogP contribution in [0.15, 0.2) is 59.1 Å². The molecule has 37 heavy (non-hydrogen) atoms. The number of fused-ring (bicyclic) bond motifs is 2. The Bertz CT molecular complexity index is 1550. The third-order valence-corrected chi connectivity index (χ3v) is 7.57. The Morgan fingerprint density at radius 1 is 1.00 bits per heavy atom. The molecule has 0 spiro atoms. The van der Waals surface area contributed by atoms with Crippen LogP contribution in [0.5, 0.6) is 5.75 Å². The van der Waals surface area contributed by atoms with Gasteiger partial charge in [0.15, 0.2) is 5.78 Å². The number of aromatic carboxylic acids is 1. The van der Waals surface area contributed by atoms with Crippen LogP contribution in [-0.4, -0.2) is 22.0 Å². The van der Waals surface area contributed by atoms with Crippen LogP contribution < -0.4 is 4.74 Å². The predicted octanol–water partition coefficient (Wildman–Crippen LogP) is 7.13. The molecule has 0 atom stereocenters. The summed E-state index contributed by atoms with van der Waals surface area (Å²) < 4.78 is 11.9. The molecule has 0 radical (unpaired) electrons. The molecule has 6 rings (SSSR count). The minimum Gasteiger partial charge on any atom is -0.489 e. The lowest BCUT2D eigenvalue weighted by Gasteiger charge is -2.12. The van der Waals surface area contributed by atoms with Gasteiger partial charge < -0.3 is 14.4 Å². The van der Waals surface area contributed by atoms with Gasteiger partial charge in [0.25, 0.3) is 0 Å². The normalized spacial score (nSPS) is 14.6. The van der Waals surface area contributed by atoms with Crippen molar-refractivity contribution in [1.29, 1.82) is 0 Å². The van der Waals surface area contributed by atoms with Gasteiger partial charge in [-0.25, -0.2) is 4.79 Å². The van der Waals surface area contributed by atoms with Crippen LogP contribution in [0.4, 0.5) is 0 Å². The highest BCUT2D eigenvalue weighted by molar-refractivity contribution is 6.39. The van der Waals surface area contributed by atoms with E-state index in [0.717, 1.165) is 35.3 Å². The first-order valence-electron chi connectivity index (χ1n) is 12.0. The first-order valence-corrected chi connectivity index (χ1v) is 12.8. The number of carbonyl (C=O) groups is 2. The number of nitrogens with zero attached hydrogens (tertiary/aromatic N) is 1. The molecule has 4 aromatic rings. The van der Waals surface area contributed by atoms with E-state index < -0.39 is 5.97 Å². The zero-order valence-corrected chi connectivity index (χ0v) is 21.1. The monoisotopic (exact) mass is 533 g/mol. The van der Waals surface area contributed by atoms with E-state index in [0.29, 0.717) is 56.9 Å². The van der Waals surface area contributed by atoms with Crippen molar-refractivity contribution in [2.24, 2.45) is 0 Å². The number of carboxylic acid groups (broad SMARTS) is 1. The van der Waals surface area contributed by atoms with E-state index in [1.54, 1.807) is 36.4 Å². The molecule has 3 aromatic carbocycles. The van der Waals surface area contributed by atoms with Crippen molar-refractivity contribution in [2.75, 3.05) is 0 Å². The molecule has 0 bridgehead atoms. The number of ether oxygens (including phenoxy) is 1. The molecule has 0 saturated heterocycles. The Morgan fingerprint density at radius 3 is 2.49 bits per heavy atom. The Hall–Kier alpha value is -3.61. The summed E-state index contributed by atoms with van der Waals surface area (Å²) >= 11 is 12.9. The van der Waals surface area contributed by atoms with Crippen molar-refractivity contribution in [2.45, 2.75) is 38.2 Å². The van der Waals surface area contributed by atoms with E-state index in [4.69, 9.17) is 32.5 Å². The van der Waals surface area contributed by atoms with Gasteiger partial charge in [0.05, 0.1) is 21.2 Å². The van der Waals surface area contributed by atoms with Crippen LogP contribution in [0.3, 0.4) is 0 Å². The lowest BCUT2D eigenvalue weighted by molar-refractivity contribution is 0.0697. The van der Waals surface area contributed by atoms with Crippen molar-refractivity contribution in [3.63, 3.8) is 0 Å². The topological polar surface area (TPSA) is 89.6 Å². The molecule has 6 nitrogen and oxygen atoms in total. The van der Waals surface area contributed by atoms with Crippen LogP contribution in [0.1, 0.15) is 67.5 Å². The largest absolute Gasteiger partial charge is 0.489 e. The zero-order valence-electron chi connectivity index (χ0n) is 19.6. The summed E-state index contributed by atoms with van der Waals surface area (Å²) in [4.78, 5) is 24.7. The van der Waals surface area contributed by atoms with Gasteiger partial charge in [-0.05, 0) is 79.3 Å². The molecule has 1 aromatic heterocycles. The number of rotatable bonds is 6. The summed E-state index contributed by atoms with van der Waals surface area (Å²) in [5.41, 5.74) is 4.81. The predicted molar refractivity (Wildman–Crippen MR) is 139 cm³/mol. The standard InChI is InChI=1S/C29H21Cl2NO5/c30-23-2-1-3-24(31)25(23)26-22(28(37-32-26)16-6-7-16)14-36-19-10-11-20-17(12-19)8-4-15-5-9-18(29(34)35)13-21(15)27(20)33/h1-3,5,9-13,16H,4,6-8,14H2,(H,34,35). The van der Waals surface area contributed by atoms with Gasteiger partial charge in [-0.2, -0.15) is 0 Å². The summed E-state index contributed by atoms with van der Waals surface area (Å²) in [6.45, 7) is 0.209. The van der Waals surface area contributed by atoms with Crippen LogP contribution in [-0.2, 0) is 19.4 Å². The van der Waals surface area contributed by atoms with E-state index in [-0.39, 0.29) is 18.0 Å². The van der Waals surface area contributed by atoms with Crippen molar-refractivity contribution in [3.8, 4) is 17.0 Å². The highest BCUT2D eigenvalue weighted by Gasteiger charge is 2.34. The number of halogens is 2. The number of benzene rings is 3. The second-order valence-corrected chi connectivity index (χ2v) is 10.2. The fourth-order valence-electron chi connectivity index (χ4n) is 4.85. The molecule has 1 fully saturated rings. The number of ketones is 1. The van der Waals surface area contributed by atoms with Crippen molar-refractivity contribution >= 4 is 35.0 Å². The molecule has 186 valence electrons. The van der Waals surface area contributed by atoms with Gasteiger partial charge in [0.2, 0.25) is 0 Å². The summed E-state index contributed by atoms with van der Waals surface area (Å²) in [5.74, 6) is 0.479. The number of hydrogen-bond acceptors (Lipinski definition) is 5. The number of aryl methyl sites for hydroxylation is 2. The number of hydrogen-bond donors (Lipinski definition) is 1. The molecule has 1 heterocycles. The van der Waals surface area contributed by atoms with E-state index in [1.807, 2.05) is 6.07 Å². The number of carboxylic acids is 1. The maximum absolute atomic E-state index is 13.3. The van der Waals surface area contributed by atoms with E-state index in [1.165, 1.54) is 12.1 Å². The Kier molecular flexibility index (Phi) is 6.01. The van der Waals surface area contributed by atoms with E-state index in [2.05, 4.69) is 5.16 Å². The maximum atomic E-state index is 13.3. The molecule has 8 heteroatoms. The zero-order chi connectivity index (χ0) is 25.7. The van der Waals surface area contributed by atoms with Gasteiger partial charge in [0.1, 0.15) is 23.8 Å². The van der Waals surface area contributed by atoms with Crippen LogP contribution >= 0.6 is 23.2 Å². The molecule has 2 aliphatic carbocycles. The summed E-state index contributed by atoms with van der Waals surface area (Å²) in [6.07, 6.45) is 3.33. The minimum atomic E-state index is -1.06. The van der Waals surface area contributed by atoms with Crippen molar-refractivity contribution in [3.05, 3.63) is 104 Å². The average Bonchev–Trinajstić information content (AvgIpc) is 3.67. The minimum absolute atomic E-state index is 0.102. The van der Waals surface area contributed by atoms with Gasteiger partial charge in [-0.15, -0.1) is 0 Å². The second kappa shape index (κ2) is 9.36. The molecule has 1 N–H and O–H groups in total. The summed E-state index contributed by atoms with van der Waals surface area (Å²) in [7, 11) is 0. The first kappa shape index (κ1) is 23.8. The first-order chi connectivity index (χ1) is 17.9. The molecule has 1 saturated carbocycles. The van der Waals surface area contributed by atoms with Crippen molar-refractivity contribution in [1.82, 2.24) is 5.16 Å². The lowest BCUT2D eigenvalue weighted by atomic mass is 9.97. The molecular formula is C29H21Cl2NO5. The highest BCUT2D eigenvalue weighted by Crippen LogP contribution is 2.46. The smallest absolute Gasteiger partial charge is 0.335 e. The summed E-state index contributed by atoms with van der Waals surface area (Å²) in [5, 5.41) is 14.6. The van der Waals surface area contributed by atoms with Gasteiger partial charge in [-0.3, -0.25) is 4.79 Å². The lowest BCUT2D eigenvalue weighted by Crippen LogP contribution is -2.07. The second-order valence-electron chi connectivity index (χ2n) is 9.36. The fourth-order valence-corrected chi connectivity index (χ4v) is 5.42. The summed E-state index contributed by atoms with van der Waals surface area (Å²) in [6, 6.07) is 15.4. The van der Waals surface area contributed by atoms with Gasteiger partial charge >= 0.3 is 5.97 Å². The quantitative estimate of drug-likeness (QED) is 0.283. The number of carbonyl (C=O) groups excluding carboxylic acids is 1. The average molecular weight is 534 g/mol. The van der Waals surface area contributed by atoms with Crippen LogP contribution in [0.25, 0.3) is 11.3 Å². The third kappa shape index (κ3) is 4.41. The highest BCUT2D eigenvalue weighted by atomic mass is 35.5. The Balaban J connectivity index is 1.30. The van der Waals surface area contributed by atoms with Crippen LogP contribution in [0.2, 0.25) is 10.0 Å². The Labute approximate surface area is 222 Å².